The zero-order valence-corrected chi connectivity index (χ0v) is 13.7. The molecule has 1 aliphatic rings. The number of hydrogen-bond acceptors (Lipinski definition) is 3. The maximum absolute atomic E-state index is 12.0. The van der Waals surface area contributed by atoms with E-state index in [0.717, 1.165) is 0 Å². The lowest BCUT2D eigenvalue weighted by Gasteiger charge is -2.36. The SMILES string of the molecule is CC(C)C(NC(=O)OC(C)(C)C)C(N)C1CCCCC1. The predicted molar refractivity (Wildman–Crippen MR) is 82.5 cm³/mol. The molecule has 0 heterocycles. The molecule has 0 aliphatic heterocycles. The molecular formula is C16H32N2O2. The molecule has 1 amide bonds. The maximum Gasteiger partial charge on any atom is 0.407 e. The molecule has 0 spiro atoms. The Hall–Kier alpha value is -0.770. The fourth-order valence-electron chi connectivity index (χ4n) is 2.96. The van der Waals surface area contributed by atoms with Gasteiger partial charge < -0.3 is 15.8 Å². The highest BCUT2D eigenvalue weighted by Crippen LogP contribution is 2.28. The molecule has 2 atom stereocenters. The van der Waals surface area contributed by atoms with E-state index in [1.807, 2.05) is 20.8 Å². The summed E-state index contributed by atoms with van der Waals surface area (Å²) in [7, 11) is 0. The zero-order valence-electron chi connectivity index (χ0n) is 13.7. The monoisotopic (exact) mass is 284 g/mol. The largest absolute Gasteiger partial charge is 0.444 e. The van der Waals surface area contributed by atoms with Gasteiger partial charge in [-0.1, -0.05) is 33.1 Å². The summed E-state index contributed by atoms with van der Waals surface area (Å²) >= 11 is 0. The fourth-order valence-corrected chi connectivity index (χ4v) is 2.96. The van der Waals surface area contributed by atoms with Gasteiger partial charge in [-0.3, -0.25) is 0 Å². The molecule has 1 saturated carbocycles. The Morgan fingerprint density at radius 3 is 2.20 bits per heavy atom. The van der Waals surface area contributed by atoms with Crippen LogP contribution in [0, 0.1) is 11.8 Å². The van der Waals surface area contributed by atoms with Crippen LogP contribution in [0.2, 0.25) is 0 Å². The second-order valence-corrected chi connectivity index (χ2v) is 7.39. The molecule has 4 nitrogen and oxygen atoms in total. The van der Waals surface area contributed by atoms with E-state index in [9.17, 15) is 4.79 Å². The molecule has 2 unspecified atom stereocenters. The van der Waals surface area contributed by atoms with Crippen molar-refractivity contribution in [3.8, 4) is 0 Å². The molecule has 0 radical (unpaired) electrons. The number of ether oxygens (including phenoxy) is 1. The Morgan fingerprint density at radius 1 is 1.20 bits per heavy atom. The van der Waals surface area contributed by atoms with Crippen molar-refractivity contribution < 1.29 is 9.53 Å². The zero-order chi connectivity index (χ0) is 15.3. The summed E-state index contributed by atoms with van der Waals surface area (Å²) in [6.07, 6.45) is 5.84. The van der Waals surface area contributed by atoms with E-state index in [1.165, 1.54) is 32.1 Å². The van der Waals surface area contributed by atoms with Crippen molar-refractivity contribution in [2.45, 2.75) is 84.4 Å². The van der Waals surface area contributed by atoms with Gasteiger partial charge in [0.25, 0.3) is 0 Å². The van der Waals surface area contributed by atoms with Crippen molar-refractivity contribution in [1.29, 1.82) is 0 Å². The quantitative estimate of drug-likeness (QED) is 0.831. The van der Waals surface area contributed by atoms with Crippen molar-refractivity contribution in [2.75, 3.05) is 0 Å². The van der Waals surface area contributed by atoms with E-state index in [1.54, 1.807) is 0 Å². The Labute approximate surface area is 123 Å². The van der Waals surface area contributed by atoms with Gasteiger partial charge in [-0.25, -0.2) is 4.79 Å². The van der Waals surface area contributed by atoms with Gasteiger partial charge in [0.05, 0.1) is 0 Å². The van der Waals surface area contributed by atoms with E-state index >= 15 is 0 Å². The highest BCUT2D eigenvalue weighted by Gasteiger charge is 2.31. The van der Waals surface area contributed by atoms with Gasteiger partial charge >= 0.3 is 6.09 Å². The van der Waals surface area contributed by atoms with Crippen LogP contribution in [0.25, 0.3) is 0 Å². The smallest absolute Gasteiger partial charge is 0.407 e. The molecule has 20 heavy (non-hydrogen) atoms. The van der Waals surface area contributed by atoms with Crippen LogP contribution in [0.4, 0.5) is 4.79 Å². The number of alkyl carbamates (subject to hydrolysis) is 1. The van der Waals surface area contributed by atoms with Crippen LogP contribution in [-0.2, 0) is 4.74 Å². The van der Waals surface area contributed by atoms with E-state index in [2.05, 4.69) is 19.2 Å². The second-order valence-electron chi connectivity index (χ2n) is 7.39. The first kappa shape index (κ1) is 17.3. The number of carbonyl (C=O) groups is 1. The minimum absolute atomic E-state index is 0.0165. The summed E-state index contributed by atoms with van der Waals surface area (Å²) in [5.41, 5.74) is 5.96. The van der Waals surface area contributed by atoms with Crippen molar-refractivity contribution in [3.05, 3.63) is 0 Å². The fraction of sp³-hybridized carbons (Fsp3) is 0.938. The third-order valence-electron chi connectivity index (χ3n) is 4.01. The standard InChI is InChI=1S/C16H32N2O2/c1-11(2)14(18-15(19)20-16(3,4)5)13(17)12-9-7-6-8-10-12/h11-14H,6-10,17H2,1-5H3,(H,18,19). The minimum Gasteiger partial charge on any atom is -0.444 e. The van der Waals surface area contributed by atoms with Crippen LogP contribution in [0.15, 0.2) is 0 Å². The van der Waals surface area contributed by atoms with E-state index in [4.69, 9.17) is 10.5 Å². The highest BCUT2D eigenvalue weighted by atomic mass is 16.6. The molecule has 1 aliphatic carbocycles. The highest BCUT2D eigenvalue weighted by molar-refractivity contribution is 5.68. The molecule has 1 fully saturated rings. The predicted octanol–water partition coefficient (Wildman–Crippen LogP) is 3.44. The van der Waals surface area contributed by atoms with Crippen LogP contribution in [-0.4, -0.2) is 23.8 Å². The number of rotatable bonds is 4. The molecule has 4 heteroatoms. The molecule has 0 bridgehead atoms. The summed E-state index contributed by atoms with van der Waals surface area (Å²) in [5.74, 6) is 0.825. The summed E-state index contributed by atoms with van der Waals surface area (Å²) in [6.45, 7) is 9.82. The lowest BCUT2D eigenvalue weighted by atomic mass is 9.79. The average Bonchev–Trinajstić information content (AvgIpc) is 2.34. The van der Waals surface area contributed by atoms with Crippen molar-refractivity contribution in [3.63, 3.8) is 0 Å². The molecule has 0 aromatic carbocycles. The van der Waals surface area contributed by atoms with Crippen molar-refractivity contribution in [1.82, 2.24) is 5.32 Å². The van der Waals surface area contributed by atoms with Crippen molar-refractivity contribution >= 4 is 6.09 Å². The van der Waals surface area contributed by atoms with Gasteiger partial charge in [0.1, 0.15) is 5.60 Å². The summed E-state index contributed by atoms with van der Waals surface area (Å²) in [5, 5.41) is 2.98. The van der Waals surface area contributed by atoms with Crippen LogP contribution in [0.1, 0.15) is 66.7 Å². The maximum atomic E-state index is 12.0. The van der Waals surface area contributed by atoms with E-state index < -0.39 is 5.60 Å². The van der Waals surface area contributed by atoms with Crippen LogP contribution in [0.3, 0.4) is 0 Å². The van der Waals surface area contributed by atoms with E-state index in [0.29, 0.717) is 11.8 Å². The van der Waals surface area contributed by atoms with Crippen LogP contribution >= 0.6 is 0 Å². The van der Waals surface area contributed by atoms with Crippen LogP contribution in [0.5, 0.6) is 0 Å². The summed E-state index contributed by atoms with van der Waals surface area (Å²) < 4.78 is 5.35. The van der Waals surface area contributed by atoms with Gasteiger partial charge in [0.15, 0.2) is 0 Å². The Bertz CT molecular complexity index is 304. The molecule has 0 saturated heterocycles. The van der Waals surface area contributed by atoms with Gasteiger partial charge in [0, 0.05) is 12.1 Å². The third-order valence-corrected chi connectivity index (χ3v) is 4.01. The normalized spacial score (nSPS) is 20.6. The molecule has 118 valence electrons. The van der Waals surface area contributed by atoms with Gasteiger partial charge in [0.2, 0.25) is 0 Å². The number of carbonyl (C=O) groups excluding carboxylic acids is 1. The molecular weight excluding hydrogens is 252 g/mol. The lowest BCUT2D eigenvalue weighted by molar-refractivity contribution is 0.0466. The first-order valence-corrected chi connectivity index (χ1v) is 7.96. The average molecular weight is 284 g/mol. The molecule has 0 aromatic rings. The molecule has 3 N–H and O–H groups in total. The third kappa shape index (κ3) is 5.70. The van der Waals surface area contributed by atoms with Gasteiger partial charge in [-0.05, 0) is 45.4 Å². The van der Waals surface area contributed by atoms with Crippen LogP contribution < -0.4 is 11.1 Å². The molecule has 0 aromatic heterocycles. The first-order chi connectivity index (χ1) is 9.20. The first-order valence-electron chi connectivity index (χ1n) is 7.96. The lowest BCUT2D eigenvalue weighted by Crippen LogP contribution is -2.55. The van der Waals surface area contributed by atoms with Gasteiger partial charge in [-0.2, -0.15) is 0 Å². The summed E-state index contributed by atoms with van der Waals surface area (Å²) in [6, 6.07) is -0.00392. The number of nitrogens with two attached hydrogens (primary N) is 1. The second kappa shape index (κ2) is 7.30. The number of hydrogen-bond donors (Lipinski definition) is 2. The van der Waals surface area contributed by atoms with E-state index in [-0.39, 0.29) is 18.2 Å². The van der Waals surface area contributed by atoms with Gasteiger partial charge in [-0.15, -0.1) is 0 Å². The Kier molecular flexibility index (Phi) is 6.31. The van der Waals surface area contributed by atoms with Crippen molar-refractivity contribution in [2.24, 2.45) is 17.6 Å². The Balaban J connectivity index is 2.61. The number of nitrogens with one attached hydrogen (secondary N) is 1. The molecule has 1 rings (SSSR count). The summed E-state index contributed by atoms with van der Waals surface area (Å²) in [4.78, 5) is 12.0. The topological polar surface area (TPSA) is 64.3 Å². The Morgan fingerprint density at radius 2 is 1.75 bits per heavy atom. The minimum atomic E-state index is -0.472. The number of amides is 1.